The van der Waals surface area contributed by atoms with Crippen LogP contribution < -0.4 is 4.74 Å². The van der Waals surface area contributed by atoms with Crippen molar-refractivity contribution in [1.29, 1.82) is 0 Å². The molecule has 0 saturated carbocycles. The average molecular weight is 494 g/mol. The van der Waals surface area contributed by atoms with E-state index in [1.165, 1.54) is 16.3 Å². The van der Waals surface area contributed by atoms with Crippen molar-refractivity contribution < 1.29 is 23.1 Å². The van der Waals surface area contributed by atoms with Crippen LogP contribution in [0.3, 0.4) is 0 Å². The zero-order valence-electron chi connectivity index (χ0n) is 21.0. The fraction of sp³-hybridized carbons (Fsp3) is 0.640. The highest BCUT2D eigenvalue weighted by Crippen LogP contribution is 2.37. The second-order valence-electron chi connectivity index (χ2n) is 9.89. The van der Waals surface area contributed by atoms with Gasteiger partial charge >= 0.3 is 0 Å². The van der Waals surface area contributed by atoms with E-state index in [-0.39, 0.29) is 36.4 Å². The predicted octanol–water partition coefficient (Wildman–Crippen LogP) is 2.43. The Bertz CT molecular complexity index is 1010. The molecule has 1 aliphatic carbocycles. The summed E-state index contributed by atoms with van der Waals surface area (Å²) >= 11 is 0. The average Bonchev–Trinajstić information content (AvgIpc) is 2.80. The number of aliphatic hydroxyl groups is 1. The first kappa shape index (κ1) is 26.7. The number of hydrogen-bond acceptors (Lipinski definition) is 6. The van der Waals surface area contributed by atoms with Crippen molar-refractivity contribution in [2.75, 3.05) is 47.4 Å². The number of allylic oxidation sites excluding steroid dienone is 2. The summed E-state index contributed by atoms with van der Waals surface area (Å²) in [6.07, 6.45) is 6.07. The normalized spacial score (nSPS) is 23.8. The minimum Gasteiger partial charge on any atom is -0.487 e. The Kier molecular flexibility index (Phi) is 8.78. The molecule has 1 aromatic rings. The molecule has 1 N–H and O–H groups in total. The molecule has 190 valence electrons. The Morgan fingerprint density at radius 3 is 2.62 bits per heavy atom. The third-order valence-corrected chi connectivity index (χ3v) is 8.68. The minimum atomic E-state index is -3.88. The number of ether oxygens (including phenoxy) is 1. The van der Waals surface area contributed by atoms with Gasteiger partial charge in [-0.15, -0.1) is 0 Å². The van der Waals surface area contributed by atoms with Crippen molar-refractivity contribution in [1.82, 2.24) is 14.1 Å². The molecule has 0 fully saturated rings. The summed E-state index contributed by atoms with van der Waals surface area (Å²) in [6.45, 7) is 4.17. The van der Waals surface area contributed by atoms with Crippen molar-refractivity contribution in [3.8, 4) is 5.75 Å². The van der Waals surface area contributed by atoms with Crippen molar-refractivity contribution in [3.63, 3.8) is 0 Å². The van der Waals surface area contributed by atoms with Gasteiger partial charge in [0.2, 0.25) is 15.9 Å². The number of sulfonamides is 1. The summed E-state index contributed by atoms with van der Waals surface area (Å²) in [5.41, 5.74) is 2.18. The Balaban J connectivity index is 2.03. The van der Waals surface area contributed by atoms with E-state index in [9.17, 15) is 18.3 Å². The highest BCUT2D eigenvalue weighted by atomic mass is 32.2. The van der Waals surface area contributed by atoms with Gasteiger partial charge in [-0.1, -0.05) is 19.1 Å². The monoisotopic (exact) mass is 493 g/mol. The first-order valence-corrected chi connectivity index (χ1v) is 13.5. The van der Waals surface area contributed by atoms with E-state index < -0.39 is 22.2 Å². The van der Waals surface area contributed by atoms with Gasteiger partial charge in [-0.3, -0.25) is 4.79 Å². The number of amides is 1. The summed E-state index contributed by atoms with van der Waals surface area (Å²) in [5, 5.41) is 9.80. The summed E-state index contributed by atoms with van der Waals surface area (Å²) in [7, 11) is 1.56. The van der Waals surface area contributed by atoms with E-state index in [1.54, 1.807) is 24.9 Å². The van der Waals surface area contributed by atoms with E-state index in [4.69, 9.17) is 4.74 Å². The maximum absolute atomic E-state index is 13.6. The van der Waals surface area contributed by atoms with Gasteiger partial charge in [-0.05, 0) is 70.0 Å². The molecule has 9 heteroatoms. The quantitative estimate of drug-likeness (QED) is 0.628. The number of rotatable bonds is 7. The zero-order valence-corrected chi connectivity index (χ0v) is 21.8. The number of nitrogens with zero attached hydrogens (tertiary/aromatic N) is 3. The summed E-state index contributed by atoms with van der Waals surface area (Å²) in [5.74, 6) is 0.0746. The predicted molar refractivity (Wildman–Crippen MR) is 133 cm³/mol. The molecule has 1 aliphatic heterocycles. The first-order chi connectivity index (χ1) is 16.0. The molecular formula is C25H39N3O5S. The molecule has 0 unspecified atom stereocenters. The van der Waals surface area contributed by atoms with E-state index in [0.717, 1.165) is 24.8 Å². The fourth-order valence-electron chi connectivity index (χ4n) is 4.51. The summed E-state index contributed by atoms with van der Waals surface area (Å²) in [4.78, 5) is 16.2. The van der Waals surface area contributed by atoms with Crippen molar-refractivity contribution in [2.45, 2.75) is 56.6 Å². The standard InChI is InChI=1S/C25H39N3O5S/c1-18-14-28(19(2)17-29)34(31,32)24-12-11-21(20-9-7-6-8-10-20)13-22(24)33-23(18)15-27(5)25(30)16-26(3)4/h9,11-13,18-19,23,29H,6-8,10,14-17H2,1-5H3/t18-,19+,23+/m1/s1. The van der Waals surface area contributed by atoms with Gasteiger partial charge in [0.05, 0.1) is 19.7 Å². The van der Waals surface area contributed by atoms with Crippen LogP contribution in [0.2, 0.25) is 0 Å². The molecule has 1 heterocycles. The lowest BCUT2D eigenvalue weighted by Crippen LogP contribution is -2.50. The lowest BCUT2D eigenvalue weighted by atomic mass is 9.93. The smallest absolute Gasteiger partial charge is 0.247 e. The Hall–Kier alpha value is -1.94. The largest absolute Gasteiger partial charge is 0.487 e. The molecule has 34 heavy (non-hydrogen) atoms. The minimum absolute atomic E-state index is 0.0302. The third-order valence-electron chi connectivity index (χ3n) is 6.66. The third kappa shape index (κ3) is 6.00. The van der Waals surface area contributed by atoms with Crippen LogP contribution in [0.5, 0.6) is 5.75 Å². The Morgan fingerprint density at radius 2 is 2.00 bits per heavy atom. The molecular weight excluding hydrogens is 454 g/mol. The number of hydrogen-bond donors (Lipinski definition) is 1. The molecule has 3 rings (SSSR count). The summed E-state index contributed by atoms with van der Waals surface area (Å²) < 4.78 is 35.0. The highest BCUT2D eigenvalue weighted by Gasteiger charge is 2.38. The van der Waals surface area contributed by atoms with Crippen LogP contribution in [-0.4, -0.2) is 93.1 Å². The van der Waals surface area contributed by atoms with Crippen LogP contribution in [0.4, 0.5) is 0 Å². The van der Waals surface area contributed by atoms with Crippen LogP contribution in [0.15, 0.2) is 29.2 Å². The number of fused-ring (bicyclic) bond motifs is 1. The van der Waals surface area contributed by atoms with Gasteiger partial charge < -0.3 is 19.6 Å². The maximum Gasteiger partial charge on any atom is 0.247 e. The van der Waals surface area contributed by atoms with E-state index in [2.05, 4.69) is 6.08 Å². The lowest BCUT2D eigenvalue weighted by Gasteiger charge is -2.37. The second-order valence-corrected chi connectivity index (χ2v) is 11.7. The topological polar surface area (TPSA) is 90.4 Å². The number of aliphatic hydroxyl groups excluding tert-OH is 1. The molecule has 0 saturated heterocycles. The number of likely N-dealkylation sites (N-methyl/N-ethyl adjacent to an activating group) is 2. The number of benzene rings is 1. The molecule has 0 bridgehead atoms. The number of carbonyl (C=O) groups is 1. The van der Waals surface area contributed by atoms with Gasteiger partial charge in [0.15, 0.2) is 0 Å². The van der Waals surface area contributed by atoms with Gasteiger partial charge in [0.25, 0.3) is 0 Å². The highest BCUT2D eigenvalue weighted by molar-refractivity contribution is 7.89. The fourth-order valence-corrected chi connectivity index (χ4v) is 6.33. The van der Waals surface area contributed by atoms with E-state index in [1.807, 2.05) is 38.1 Å². The van der Waals surface area contributed by atoms with Crippen LogP contribution in [-0.2, 0) is 14.8 Å². The first-order valence-electron chi connectivity index (χ1n) is 12.1. The van der Waals surface area contributed by atoms with E-state index in [0.29, 0.717) is 12.3 Å². The molecule has 2 aliphatic rings. The second kappa shape index (κ2) is 11.2. The molecule has 0 radical (unpaired) electrons. The van der Waals surface area contributed by atoms with Gasteiger partial charge in [0.1, 0.15) is 16.7 Å². The van der Waals surface area contributed by atoms with Crippen LogP contribution in [0.25, 0.3) is 5.57 Å². The molecule has 1 aromatic carbocycles. The van der Waals surface area contributed by atoms with Crippen molar-refractivity contribution in [2.24, 2.45) is 5.92 Å². The Labute approximate surface area is 204 Å². The van der Waals surface area contributed by atoms with Crippen LogP contribution in [0, 0.1) is 5.92 Å². The van der Waals surface area contributed by atoms with Gasteiger partial charge in [-0.2, -0.15) is 4.31 Å². The molecule has 0 aromatic heterocycles. The Morgan fingerprint density at radius 1 is 1.26 bits per heavy atom. The maximum atomic E-state index is 13.6. The van der Waals surface area contributed by atoms with Crippen LogP contribution >= 0.6 is 0 Å². The molecule has 1 amide bonds. The number of carbonyl (C=O) groups excluding carboxylic acids is 1. The molecule has 0 spiro atoms. The molecule has 3 atom stereocenters. The lowest BCUT2D eigenvalue weighted by molar-refractivity contribution is -0.132. The van der Waals surface area contributed by atoms with Gasteiger partial charge in [0, 0.05) is 25.6 Å². The van der Waals surface area contributed by atoms with Crippen molar-refractivity contribution in [3.05, 3.63) is 29.8 Å². The SMILES string of the molecule is C[C@@H]1CN([C@@H](C)CO)S(=O)(=O)c2ccc(C3=CCCCC3)cc2O[C@H]1CN(C)C(=O)CN(C)C. The zero-order chi connectivity index (χ0) is 25.0. The van der Waals surface area contributed by atoms with E-state index >= 15 is 0 Å². The summed E-state index contributed by atoms with van der Waals surface area (Å²) in [6, 6.07) is 4.73. The van der Waals surface area contributed by atoms with Crippen molar-refractivity contribution >= 4 is 21.5 Å². The molecule has 8 nitrogen and oxygen atoms in total. The van der Waals surface area contributed by atoms with Gasteiger partial charge in [-0.25, -0.2) is 8.42 Å². The van der Waals surface area contributed by atoms with Crippen LogP contribution in [0.1, 0.15) is 45.1 Å².